The molecule has 0 aliphatic carbocycles. The second-order valence-corrected chi connectivity index (χ2v) is 8.41. The molecular weight excluding hydrogens is 491 g/mol. The van der Waals surface area contributed by atoms with E-state index in [1.165, 1.54) is 5.56 Å². The number of aliphatic imine (C=N–C) groups is 1. The molecule has 0 bridgehead atoms. The Labute approximate surface area is 198 Å². The second-order valence-electron chi connectivity index (χ2n) is 8.41. The molecule has 2 N–H and O–H groups in total. The van der Waals surface area contributed by atoms with Gasteiger partial charge in [0.25, 0.3) is 0 Å². The number of hydrogen-bond donors (Lipinski definition) is 2. The highest BCUT2D eigenvalue weighted by molar-refractivity contribution is 14.0. The molecule has 0 saturated heterocycles. The summed E-state index contributed by atoms with van der Waals surface area (Å²) in [6, 6.07) is 8.37. The van der Waals surface area contributed by atoms with Gasteiger partial charge in [0.15, 0.2) is 5.96 Å². The van der Waals surface area contributed by atoms with Gasteiger partial charge in [-0.25, -0.2) is 9.98 Å². The quantitative estimate of drug-likeness (QED) is 0.273. The van der Waals surface area contributed by atoms with Crippen molar-refractivity contribution in [2.24, 2.45) is 10.9 Å². The first-order chi connectivity index (χ1) is 13.7. The molecule has 0 aliphatic heterocycles. The van der Waals surface area contributed by atoms with Crippen LogP contribution < -0.4 is 15.4 Å². The van der Waals surface area contributed by atoms with Crippen molar-refractivity contribution in [3.05, 3.63) is 47.2 Å². The molecule has 7 heteroatoms. The number of rotatable bonds is 9. The van der Waals surface area contributed by atoms with Crippen LogP contribution in [-0.2, 0) is 12.0 Å². The Balaban J connectivity index is 0.00000450. The van der Waals surface area contributed by atoms with E-state index >= 15 is 0 Å². The minimum atomic E-state index is -0.0666. The number of ether oxygens (including phenoxy) is 1. The first-order valence-electron chi connectivity index (χ1n) is 10.4. The molecule has 0 saturated carbocycles. The highest BCUT2D eigenvalue weighted by Gasteiger charge is 2.21. The molecule has 0 fully saturated rings. The van der Waals surface area contributed by atoms with Gasteiger partial charge in [-0.2, -0.15) is 0 Å². The van der Waals surface area contributed by atoms with Gasteiger partial charge in [0.05, 0.1) is 12.3 Å². The standard InChI is InChI=1S/C23H36N4O2.HI/c1-8-24-22(25-13-21-27-17(4)18(5)29-21)26-15-23(6,7)19-9-11-20(12-10-19)28-14-16(2)3;/h9-12,16H,8,13-15H2,1-7H3,(H2,24,25,26);1H. The largest absolute Gasteiger partial charge is 0.493 e. The average Bonchev–Trinajstić information content (AvgIpc) is 3.00. The van der Waals surface area contributed by atoms with Gasteiger partial charge in [-0.05, 0) is 44.4 Å². The van der Waals surface area contributed by atoms with E-state index in [0.29, 0.717) is 18.4 Å². The van der Waals surface area contributed by atoms with E-state index in [9.17, 15) is 0 Å². The predicted octanol–water partition coefficient (Wildman–Crippen LogP) is 4.98. The van der Waals surface area contributed by atoms with E-state index in [-0.39, 0.29) is 29.4 Å². The van der Waals surface area contributed by atoms with Gasteiger partial charge >= 0.3 is 0 Å². The third kappa shape index (κ3) is 8.16. The van der Waals surface area contributed by atoms with Crippen LogP contribution in [0.2, 0.25) is 0 Å². The van der Waals surface area contributed by atoms with Crippen LogP contribution in [0, 0.1) is 19.8 Å². The van der Waals surface area contributed by atoms with Crippen LogP contribution >= 0.6 is 24.0 Å². The third-order valence-corrected chi connectivity index (χ3v) is 4.71. The monoisotopic (exact) mass is 528 g/mol. The van der Waals surface area contributed by atoms with Gasteiger partial charge in [-0.3, -0.25) is 0 Å². The van der Waals surface area contributed by atoms with Crippen molar-refractivity contribution in [1.82, 2.24) is 15.6 Å². The van der Waals surface area contributed by atoms with Gasteiger partial charge in [0, 0.05) is 18.5 Å². The van der Waals surface area contributed by atoms with E-state index in [1.807, 2.05) is 26.0 Å². The molecule has 0 atom stereocenters. The number of guanidine groups is 1. The molecule has 2 rings (SSSR count). The molecule has 0 unspecified atom stereocenters. The Bertz CT molecular complexity index is 779. The Morgan fingerprint density at radius 3 is 2.37 bits per heavy atom. The molecule has 1 aromatic heterocycles. The molecule has 0 amide bonds. The molecule has 2 aromatic rings. The fourth-order valence-electron chi connectivity index (χ4n) is 2.77. The van der Waals surface area contributed by atoms with Crippen LogP contribution in [0.4, 0.5) is 0 Å². The fourth-order valence-corrected chi connectivity index (χ4v) is 2.77. The summed E-state index contributed by atoms with van der Waals surface area (Å²) >= 11 is 0. The van der Waals surface area contributed by atoms with Crippen LogP contribution in [-0.4, -0.2) is 30.6 Å². The van der Waals surface area contributed by atoms with Gasteiger partial charge in [-0.15, -0.1) is 24.0 Å². The van der Waals surface area contributed by atoms with Crippen molar-refractivity contribution in [2.45, 2.75) is 60.4 Å². The lowest BCUT2D eigenvalue weighted by Crippen LogP contribution is -2.43. The van der Waals surface area contributed by atoms with Crippen LogP contribution in [0.1, 0.15) is 57.5 Å². The topological polar surface area (TPSA) is 71.7 Å². The van der Waals surface area contributed by atoms with Crippen LogP contribution in [0.3, 0.4) is 0 Å². The highest BCUT2D eigenvalue weighted by Crippen LogP contribution is 2.25. The lowest BCUT2D eigenvalue weighted by molar-refractivity contribution is 0.271. The van der Waals surface area contributed by atoms with Gasteiger partial charge in [-0.1, -0.05) is 39.8 Å². The van der Waals surface area contributed by atoms with Gasteiger partial charge in [0.2, 0.25) is 5.89 Å². The zero-order chi connectivity index (χ0) is 21.4. The Morgan fingerprint density at radius 1 is 1.17 bits per heavy atom. The SMILES string of the molecule is CCNC(=NCc1nc(C)c(C)o1)NCC(C)(C)c1ccc(OCC(C)C)cc1.I. The zero-order valence-corrected chi connectivity index (χ0v) is 21.7. The predicted molar refractivity (Wildman–Crippen MR) is 134 cm³/mol. The molecule has 30 heavy (non-hydrogen) atoms. The minimum Gasteiger partial charge on any atom is -0.493 e. The van der Waals surface area contributed by atoms with Crippen molar-refractivity contribution in [1.29, 1.82) is 0 Å². The van der Waals surface area contributed by atoms with E-state index in [1.54, 1.807) is 0 Å². The number of nitrogens with zero attached hydrogens (tertiary/aromatic N) is 2. The maximum atomic E-state index is 5.79. The van der Waals surface area contributed by atoms with E-state index in [2.05, 4.69) is 67.4 Å². The third-order valence-electron chi connectivity index (χ3n) is 4.71. The van der Waals surface area contributed by atoms with Gasteiger partial charge in [0.1, 0.15) is 18.1 Å². The first kappa shape index (κ1) is 26.3. The summed E-state index contributed by atoms with van der Waals surface area (Å²) in [7, 11) is 0. The molecule has 0 aliphatic rings. The lowest BCUT2D eigenvalue weighted by Gasteiger charge is -2.27. The summed E-state index contributed by atoms with van der Waals surface area (Å²) in [4.78, 5) is 9.00. The summed E-state index contributed by atoms with van der Waals surface area (Å²) in [6.07, 6.45) is 0. The number of benzene rings is 1. The van der Waals surface area contributed by atoms with Crippen LogP contribution in [0.15, 0.2) is 33.7 Å². The molecule has 1 heterocycles. The highest BCUT2D eigenvalue weighted by atomic mass is 127. The van der Waals surface area contributed by atoms with E-state index < -0.39 is 0 Å². The minimum absolute atomic E-state index is 0. The van der Waals surface area contributed by atoms with Crippen LogP contribution in [0.5, 0.6) is 5.75 Å². The zero-order valence-electron chi connectivity index (χ0n) is 19.3. The average molecular weight is 528 g/mol. The fraction of sp³-hybridized carbons (Fsp3) is 0.565. The molecule has 0 spiro atoms. The normalized spacial score (nSPS) is 11.9. The molecule has 0 radical (unpaired) electrons. The number of nitrogens with one attached hydrogen (secondary N) is 2. The second kappa shape index (κ2) is 12.2. The molecule has 168 valence electrons. The molecule has 1 aromatic carbocycles. The number of oxazole rings is 1. The Kier molecular flexibility index (Phi) is 10.7. The lowest BCUT2D eigenvalue weighted by atomic mass is 9.84. The summed E-state index contributed by atoms with van der Waals surface area (Å²) in [5.74, 6) is 3.66. The van der Waals surface area contributed by atoms with Gasteiger partial charge < -0.3 is 19.8 Å². The van der Waals surface area contributed by atoms with Crippen molar-refractivity contribution in [3.8, 4) is 5.75 Å². The smallest absolute Gasteiger partial charge is 0.216 e. The van der Waals surface area contributed by atoms with E-state index in [0.717, 1.165) is 42.9 Å². The van der Waals surface area contributed by atoms with E-state index in [4.69, 9.17) is 9.15 Å². The Hall–Kier alpha value is -1.77. The van der Waals surface area contributed by atoms with Crippen molar-refractivity contribution >= 4 is 29.9 Å². The summed E-state index contributed by atoms with van der Waals surface area (Å²) in [6.45, 7) is 17.3. The number of aromatic nitrogens is 1. The first-order valence-corrected chi connectivity index (χ1v) is 10.4. The number of halogens is 1. The van der Waals surface area contributed by atoms with Crippen LogP contribution in [0.25, 0.3) is 0 Å². The number of aryl methyl sites for hydroxylation is 2. The maximum Gasteiger partial charge on any atom is 0.216 e. The summed E-state index contributed by atoms with van der Waals surface area (Å²) < 4.78 is 11.4. The summed E-state index contributed by atoms with van der Waals surface area (Å²) in [5, 5.41) is 6.73. The number of hydrogen-bond acceptors (Lipinski definition) is 4. The molecular formula is C23H37IN4O2. The summed E-state index contributed by atoms with van der Waals surface area (Å²) in [5.41, 5.74) is 2.09. The van der Waals surface area contributed by atoms with Crippen molar-refractivity contribution in [2.75, 3.05) is 19.7 Å². The maximum absolute atomic E-state index is 5.79. The van der Waals surface area contributed by atoms with Crippen molar-refractivity contribution < 1.29 is 9.15 Å². The molecule has 6 nitrogen and oxygen atoms in total. The van der Waals surface area contributed by atoms with Crippen molar-refractivity contribution in [3.63, 3.8) is 0 Å². The Morgan fingerprint density at radius 2 is 1.83 bits per heavy atom.